The average Bonchev–Trinajstić information content (AvgIpc) is 3.49. The zero-order chi connectivity index (χ0) is 20.8. The van der Waals surface area contributed by atoms with Crippen molar-refractivity contribution in [3.05, 3.63) is 30.3 Å². The zero-order valence-electron chi connectivity index (χ0n) is 18.2. The number of piperazine rings is 1. The Labute approximate surface area is 180 Å². The topological polar surface area (TPSA) is 63.2 Å². The molecule has 1 aliphatic carbocycles. The molecule has 3 aliphatic rings. The summed E-state index contributed by atoms with van der Waals surface area (Å²) in [7, 11) is 1.78. The van der Waals surface area contributed by atoms with E-state index >= 15 is 0 Å². The van der Waals surface area contributed by atoms with Crippen LogP contribution < -0.4 is 15.5 Å². The predicted molar refractivity (Wildman–Crippen MR) is 122 cm³/mol. The van der Waals surface area contributed by atoms with Crippen LogP contribution in [0.4, 0.5) is 5.69 Å². The lowest BCUT2D eigenvalue weighted by atomic mass is 10.2. The summed E-state index contributed by atoms with van der Waals surface area (Å²) in [5.74, 6) is 0.884. The summed E-state index contributed by atoms with van der Waals surface area (Å²) < 4.78 is 0. The quantitative estimate of drug-likeness (QED) is 0.567. The van der Waals surface area contributed by atoms with Gasteiger partial charge in [0.15, 0.2) is 5.96 Å². The van der Waals surface area contributed by atoms with Gasteiger partial charge < -0.3 is 20.4 Å². The van der Waals surface area contributed by atoms with Crippen LogP contribution in [0.5, 0.6) is 0 Å². The van der Waals surface area contributed by atoms with E-state index in [9.17, 15) is 4.79 Å². The van der Waals surface area contributed by atoms with Gasteiger partial charge in [0.1, 0.15) is 0 Å². The number of carbonyl (C=O) groups excluding carboxylic acids is 1. The summed E-state index contributed by atoms with van der Waals surface area (Å²) >= 11 is 0. The van der Waals surface area contributed by atoms with Gasteiger partial charge >= 0.3 is 0 Å². The third-order valence-electron chi connectivity index (χ3n) is 6.79. The molecule has 7 nitrogen and oxygen atoms in total. The highest BCUT2D eigenvalue weighted by atomic mass is 16.2. The molecular weight excluding hydrogens is 376 g/mol. The van der Waals surface area contributed by atoms with Gasteiger partial charge in [-0.15, -0.1) is 0 Å². The summed E-state index contributed by atoms with van der Waals surface area (Å²) in [6, 6.07) is 11.6. The van der Waals surface area contributed by atoms with Gasteiger partial charge in [-0.3, -0.25) is 14.7 Å². The Balaban J connectivity index is 1.18. The monoisotopic (exact) mass is 412 g/mol. The highest BCUT2D eigenvalue weighted by Crippen LogP contribution is 2.26. The first-order valence-corrected chi connectivity index (χ1v) is 11.5. The van der Waals surface area contributed by atoms with Crippen LogP contribution in [-0.4, -0.2) is 86.6 Å². The number of para-hydroxylation sites is 1. The molecule has 0 aromatic heterocycles. The van der Waals surface area contributed by atoms with Crippen LogP contribution in [0.25, 0.3) is 0 Å². The number of nitrogens with zero attached hydrogens (tertiary/aromatic N) is 4. The normalized spacial score (nSPS) is 23.8. The van der Waals surface area contributed by atoms with Gasteiger partial charge in [0.05, 0.1) is 6.54 Å². The van der Waals surface area contributed by atoms with Gasteiger partial charge in [0.25, 0.3) is 0 Å². The van der Waals surface area contributed by atoms with Gasteiger partial charge in [0.2, 0.25) is 5.91 Å². The Kier molecular flexibility index (Phi) is 7.10. The lowest BCUT2D eigenvalue weighted by molar-refractivity contribution is -0.130. The number of guanidine groups is 1. The van der Waals surface area contributed by atoms with Crippen molar-refractivity contribution in [2.24, 2.45) is 4.99 Å². The Morgan fingerprint density at radius 2 is 1.77 bits per heavy atom. The minimum atomic E-state index is 0.143. The van der Waals surface area contributed by atoms with E-state index in [0.29, 0.717) is 12.6 Å². The average molecular weight is 413 g/mol. The fraction of sp³-hybridized carbons (Fsp3) is 0.652. The van der Waals surface area contributed by atoms with Crippen LogP contribution in [0.1, 0.15) is 32.1 Å². The summed E-state index contributed by atoms with van der Waals surface area (Å²) in [6.45, 7) is 5.83. The zero-order valence-corrected chi connectivity index (χ0v) is 18.2. The summed E-state index contributed by atoms with van der Waals surface area (Å²) in [5, 5.41) is 6.76. The number of hydrogen-bond acceptors (Lipinski definition) is 4. The number of rotatable bonds is 5. The lowest BCUT2D eigenvalue weighted by Crippen LogP contribution is -2.53. The van der Waals surface area contributed by atoms with Crippen LogP contribution in [0.15, 0.2) is 35.3 Å². The second-order valence-electron chi connectivity index (χ2n) is 8.69. The first kappa shape index (κ1) is 21.0. The van der Waals surface area contributed by atoms with Crippen molar-refractivity contribution in [3.63, 3.8) is 0 Å². The van der Waals surface area contributed by atoms with Crippen molar-refractivity contribution in [1.29, 1.82) is 0 Å². The highest BCUT2D eigenvalue weighted by molar-refractivity contribution is 5.86. The van der Waals surface area contributed by atoms with Crippen LogP contribution >= 0.6 is 0 Å². The number of carbonyl (C=O) groups is 1. The molecule has 0 radical (unpaired) electrons. The van der Waals surface area contributed by atoms with Gasteiger partial charge in [-0.2, -0.15) is 0 Å². The molecule has 1 amide bonds. The number of likely N-dealkylation sites (tertiary alicyclic amines) is 1. The van der Waals surface area contributed by atoms with Crippen molar-refractivity contribution in [2.75, 3.05) is 57.8 Å². The maximum atomic E-state index is 12.7. The van der Waals surface area contributed by atoms with E-state index in [1.165, 1.54) is 37.9 Å². The molecule has 2 saturated heterocycles. The fourth-order valence-corrected chi connectivity index (χ4v) is 5.02. The van der Waals surface area contributed by atoms with E-state index < -0.39 is 0 Å². The molecule has 1 aromatic rings. The van der Waals surface area contributed by atoms with E-state index in [2.05, 4.69) is 49.7 Å². The van der Waals surface area contributed by atoms with Gasteiger partial charge in [-0.25, -0.2) is 0 Å². The van der Waals surface area contributed by atoms with E-state index in [4.69, 9.17) is 0 Å². The Bertz CT molecular complexity index is 710. The number of anilines is 1. The molecule has 30 heavy (non-hydrogen) atoms. The van der Waals surface area contributed by atoms with Gasteiger partial charge in [0, 0.05) is 64.1 Å². The second kappa shape index (κ2) is 10.2. The smallest absolute Gasteiger partial charge is 0.242 e. The molecule has 7 heteroatoms. The molecule has 4 rings (SSSR count). The molecule has 0 bridgehead atoms. The van der Waals surface area contributed by atoms with Crippen LogP contribution in [-0.2, 0) is 4.79 Å². The molecule has 1 aromatic carbocycles. The lowest BCUT2D eigenvalue weighted by Gasteiger charge is -2.36. The Morgan fingerprint density at radius 3 is 2.47 bits per heavy atom. The van der Waals surface area contributed by atoms with Crippen LogP contribution in [0.2, 0.25) is 0 Å². The summed E-state index contributed by atoms with van der Waals surface area (Å²) in [5.41, 5.74) is 1.23. The summed E-state index contributed by atoms with van der Waals surface area (Å²) in [4.78, 5) is 23.9. The largest absolute Gasteiger partial charge is 0.368 e. The first-order chi connectivity index (χ1) is 14.7. The second-order valence-corrected chi connectivity index (χ2v) is 8.69. The SMILES string of the molecule is CN=C(NCC(=O)N1CCN(c2ccccc2)CC1)NC1CCN(C2CCCC2)C1. The third kappa shape index (κ3) is 5.25. The maximum absolute atomic E-state index is 12.7. The highest BCUT2D eigenvalue weighted by Gasteiger charge is 2.30. The van der Waals surface area contributed by atoms with Crippen molar-refractivity contribution in [3.8, 4) is 0 Å². The molecule has 3 fully saturated rings. The number of hydrogen-bond donors (Lipinski definition) is 2. The molecule has 2 aliphatic heterocycles. The van der Waals surface area contributed by atoms with Gasteiger partial charge in [-0.1, -0.05) is 31.0 Å². The molecule has 0 spiro atoms. The van der Waals surface area contributed by atoms with Crippen LogP contribution in [0.3, 0.4) is 0 Å². The van der Waals surface area contributed by atoms with E-state index in [0.717, 1.165) is 51.1 Å². The van der Waals surface area contributed by atoms with Crippen LogP contribution in [0, 0.1) is 0 Å². The molecule has 2 heterocycles. The minimum Gasteiger partial charge on any atom is -0.368 e. The summed E-state index contributed by atoms with van der Waals surface area (Å²) in [6.07, 6.45) is 6.61. The standard InChI is InChI=1S/C23H36N6O/c1-24-23(26-19-11-12-29(18-19)21-9-5-6-10-21)25-17-22(30)28-15-13-27(14-16-28)20-7-3-2-4-8-20/h2-4,7-8,19,21H,5-6,9-18H2,1H3,(H2,24,25,26). The molecule has 1 saturated carbocycles. The Hall–Kier alpha value is -2.28. The maximum Gasteiger partial charge on any atom is 0.242 e. The molecule has 164 valence electrons. The molecule has 2 N–H and O–H groups in total. The number of aliphatic imine (C=N–C) groups is 1. The van der Waals surface area contributed by atoms with Gasteiger partial charge in [-0.05, 0) is 31.4 Å². The van der Waals surface area contributed by atoms with Crippen molar-refractivity contribution in [1.82, 2.24) is 20.4 Å². The van der Waals surface area contributed by atoms with Crippen molar-refractivity contribution >= 4 is 17.6 Å². The van der Waals surface area contributed by atoms with Crippen molar-refractivity contribution in [2.45, 2.75) is 44.2 Å². The molecule has 1 atom stereocenters. The third-order valence-corrected chi connectivity index (χ3v) is 6.79. The Morgan fingerprint density at radius 1 is 1.03 bits per heavy atom. The first-order valence-electron chi connectivity index (χ1n) is 11.5. The van der Waals surface area contributed by atoms with E-state index in [-0.39, 0.29) is 5.91 Å². The molecule has 1 unspecified atom stereocenters. The minimum absolute atomic E-state index is 0.143. The van der Waals surface area contributed by atoms with E-state index in [1.807, 2.05) is 11.0 Å². The number of amides is 1. The number of benzene rings is 1. The predicted octanol–water partition coefficient (Wildman–Crippen LogP) is 1.52. The molecular formula is C23H36N6O. The fourth-order valence-electron chi connectivity index (χ4n) is 5.02. The van der Waals surface area contributed by atoms with E-state index in [1.54, 1.807) is 7.05 Å². The number of nitrogens with one attached hydrogen (secondary N) is 2. The van der Waals surface area contributed by atoms with Crippen molar-refractivity contribution < 1.29 is 4.79 Å².